The number of aromatic nitrogens is 1. The van der Waals surface area contributed by atoms with E-state index in [-0.39, 0.29) is 5.91 Å². The van der Waals surface area contributed by atoms with Crippen LogP contribution >= 0.6 is 11.3 Å². The minimum Gasteiger partial charge on any atom is -0.383 e. The lowest BCUT2D eigenvalue weighted by atomic mass is 10.2. The zero-order chi connectivity index (χ0) is 15.2. The molecule has 0 spiro atoms. The molecule has 1 saturated heterocycles. The lowest BCUT2D eigenvalue weighted by molar-refractivity contribution is -0.120. The molecule has 1 atom stereocenters. The van der Waals surface area contributed by atoms with E-state index in [1.165, 1.54) is 11.3 Å². The predicted octanol–water partition coefficient (Wildman–Crippen LogP) is 0.758. The number of carbonyl (C=O) groups excluding carboxylic acids is 1. The highest BCUT2D eigenvalue weighted by Gasteiger charge is 2.25. The molecule has 0 unspecified atom stereocenters. The summed E-state index contributed by atoms with van der Waals surface area (Å²) in [6.07, 6.45) is 1.72. The van der Waals surface area contributed by atoms with Crippen LogP contribution in [0.3, 0.4) is 0 Å². The van der Waals surface area contributed by atoms with E-state index in [2.05, 4.69) is 21.7 Å². The molecule has 0 bridgehead atoms. The highest BCUT2D eigenvalue weighted by atomic mass is 32.1. The van der Waals surface area contributed by atoms with Crippen molar-refractivity contribution in [2.45, 2.75) is 13.0 Å². The van der Waals surface area contributed by atoms with Crippen molar-refractivity contribution < 1.29 is 9.53 Å². The first-order valence-electron chi connectivity index (χ1n) is 7.23. The molecule has 1 aliphatic rings. The van der Waals surface area contributed by atoms with Gasteiger partial charge in [-0.2, -0.15) is 0 Å². The molecule has 2 heterocycles. The van der Waals surface area contributed by atoms with Crippen LogP contribution in [0.15, 0.2) is 11.6 Å². The summed E-state index contributed by atoms with van der Waals surface area (Å²) in [5.74, 6) is 0.0995. The highest BCUT2D eigenvalue weighted by molar-refractivity contribution is 7.13. The van der Waals surface area contributed by atoms with Crippen molar-refractivity contribution in [3.8, 4) is 0 Å². The molecule has 2 rings (SSSR count). The number of methoxy groups -OCH3 is 1. The van der Waals surface area contributed by atoms with E-state index in [1.54, 1.807) is 25.3 Å². The monoisotopic (exact) mass is 312 g/mol. The molecular formula is C14H24N4O2S. The number of rotatable bonds is 6. The van der Waals surface area contributed by atoms with Gasteiger partial charge in [-0.05, 0) is 6.92 Å². The highest BCUT2D eigenvalue weighted by Crippen LogP contribution is 2.16. The van der Waals surface area contributed by atoms with E-state index in [0.717, 1.165) is 37.9 Å². The van der Waals surface area contributed by atoms with Crippen LogP contribution in [0.2, 0.25) is 0 Å². The number of ether oxygens (including phenoxy) is 1. The molecule has 21 heavy (non-hydrogen) atoms. The standard InChI is InChI=1S/C14H24N4O2S/c1-12-10-17(5-6-18(12)7-8-20-3)11-13(19)16(2)14-15-4-9-21-14/h4,9,12H,5-8,10-11H2,1-3H3/t12-/m1/s1. The third-order valence-electron chi connectivity index (χ3n) is 3.87. The topological polar surface area (TPSA) is 48.9 Å². The van der Waals surface area contributed by atoms with Gasteiger partial charge in [-0.25, -0.2) is 4.98 Å². The molecule has 1 amide bonds. The van der Waals surface area contributed by atoms with Crippen LogP contribution in [0.25, 0.3) is 0 Å². The SMILES string of the molecule is COCCN1CCN(CC(=O)N(C)c2nccs2)C[C@H]1C. The normalized spacial score (nSPS) is 20.6. The molecule has 0 saturated carbocycles. The Morgan fingerprint density at radius 3 is 3.00 bits per heavy atom. The number of amides is 1. The van der Waals surface area contributed by atoms with Gasteiger partial charge in [-0.15, -0.1) is 11.3 Å². The van der Waals surface area contributed by atoms with Gasteiger partial charge in [0.15, 0.2) is 5.13 Å². The number of hydrogen-bond donors (Lipinski definition) is 0. The Morgan fingerprint density at radius 2 is 2.38 bits per heavy atom. The summed E-state index contributed by atoms with van der Waals surface area (Å²) in [6.45, 7) is 7.20. The summed E-state index contributed by atoms with van der Waals surface area (Å²) >= 11 is 1.48. The molecule has 7 heteroatoms. The molecular weight excluding hydrogens is 288 g/mol. The summed E-state index contributed by atoms with van der Waals surface area (Å²) in [6, 6.07) is 0.451. The average molecular weight is 312 g/mol. The molecule has 1 aromatic rings. The van der Waals surface area contributed by atoms with E-state index in [9.17, 15) is 4.79 Å². The summed E-state index contributed by atoms with van der Waals surface area (Å²) < 4.78 is 5.14. The molecule has 118 valence electrons. The average Bonchev–Trinajstić information content (AvgIpc) is 2.99. The van der Waals surface area contributed by atoms with Crippen molar-refractivity contribution in [1.82, 2.24) is 14.8 Å². The number of anilines is 1. The lowest BCUT2D eigenvalue weighted by Gasteiger charge is -2.39. The van der Waals surface area contributed by atoms with Crippen LogP contribution < -0.4 is 4.90 Å². The Balaban J connectivity index is 1.80. The van der Waals surface area contributed by atoms with Gasteiger partial charge in [-0.3, -0.25) is 19.5 Å². The van der Waals surface area contributed by atoms with E-state index >= 15 is 0 Å². The summed E-state index contributed by atoms with van der Waals surface area (Å²) in [5.41, 5.74) is 0. The van der Waals surface area contributed by atoms with Crippen molar-refractivity contribution in [1.29, 1.82) is 0 Å². The molecule has 0 N–H and O–H groups in total. The largest absolute Gasteiger partial charge is 0.383 e. The van der Waals surface area contributed by atoms with Crippen LogP contribution in [0.1, 0.15) is 6.92 Å². The summed E-state index contributed by atoms with van der Waals surface area (Å²) in [7, 11) is 3.52. The molecule has 1 fully saturated rings. The first kappa shape index (κ1) is 16.4. The zero-order valence-corrected chi connectivity index (χ0v) is 13.8. The van der Waals surface area contributed by atoms with Gasteiger partial charge in [0.1, 0.15) is 0 Å². The van der Waals surface area contributed by atoms with Crippen LogP contribution in [-0.4, -0.2) is 80.2 Å². The van der Waals surface area contributed by atoms with Crippen molar-refractivity contribution in [2.75, 3.05) is 58.4 Å². The van der Waals surface area contributed by atoms with Crippen molar-refractivity contribution >= 4 is 22.4 Å². The second-order valence-electron chi connectivity index (χ2n) is 5.38. The fourth-order valence-corrected chi connectivity index (χ4v) is 3.17. The van der Waals surface area contributed by atoms with E-state index in [1.807, 2.05) is 5.38 Å². The third kappa shape index (κ3) is 4.47. The number of piperazine rings is 1. The second kappa shape index (κ2) is 7.84. The minimum absolute atomic E-state index is 0.0995. The van der Waals surface area contributed by atoms with Crippen molar-refractivity contribution in [3.05, 3.63) is 11.6 Å². The molecule has 0 aliphatic carbocycles. The molecule has 0 aromatic carbocycles. The minimum atomic E-state index is 0.0995. The van der Waals surface area contributed by atoms with Gasteiger partial charge in [-0.1, -0.05) is 0 Å². The number of hydrogen-bond acceptors (Lipinski definition) is 6. The van der Waals surface area contributed by atoms with Crippen molar-refractivity contribution in [2.24, 2.45) is 0 Å². The number of carbonyl (C=O) groups is 1. The van der Waals surface area contributed by atoms with E-state index in [4.69, 9.17) is 4.74 Å². The Hall–Kier alpha value is -1.02. The molecule has 1 aromatic heterocycles. The maximum atomic E-state index is 12.3. The Labute approximate surface area is 130 Å². The zero-order valence-electron chi connectivity index (χ0n) is 13.0. The van der Waals surface area contributed by atoms with Gasteiger partial charge >= 0.3 is 0 Å². The molecule has 1 aliphatic heterocycles. The van der Waals surface area contributed by atoms with E-state index in [0.29, 0.717) is 12.6 Å². The van der Waals surface area contributed by atoms with Crippen molar-refractivity contribution in [3.63, 3.8) is 0 Å². The first-order valence-corrected chi connectivity index (χ1v) is 8.11. The number of nitrogens with zero attached hydrogens (tertiary/aromatic N) is 4. The lowest BCUT2D eigenvalue weighted by Crippen LogP contribution is -2.54. The fourth-order valence-electron chi connectivity index (χ4n) is 2.54. The smallest absolute Gasteiger partial charge is 0.242 e. The third-order valence-corrected chi connectivity index (χ3v) is 4.72. The van der Waals surface area contributed by atoms with Gasteiger partial charge in [0, 0.05) is 58.0 Å². The van der Waals surface area contributed by atoms with Gasteiger partial charge in [0.05, 0.1) is 13.2 Å². The van der Waals surface area contributed by atoms with Crippen LogP contribution in [0.5, 0.6) is 0 Å². The Bertz CT molecular complexity index is 440. The Kier molecular flexibility index (Phi) is 6.10. The number of likely N-dealkylation sites (N-methyl/N-ethyl adjacent to an activating group) is 1. The second-order valence-corrected chi connectivity index (χ2v) is 6.25. The van der Waals surface area contributed by atoms with Gasteiger partial charge < -0.3 is 4.74 Å². The van der Waals surface area contributed by atoms with Crippen LogP contribution in [-0.2, 0) is 9.53 Å². The maximum absolute atomic E-state index is 12.3. The molecule has 6 nitrogen and oxygen atoms in total. The Morgan fingerprint density at radius 1 is 1.57 bits per heavy atom. The predicted molar refractivity (Wildman–Crippen MR) is 84.9 cm³/mol. The van der Waals surface area contributed by atoms with Crippen LogP contribution in [0, 0.1) is 0 Å². The van der Waals surface area contributed by atoms with E-state index < -0.39 is 0 Å². The fraction of sp³-hybridized carbons (Fsp3) is 0.714. The summed E-state index contributed by atoms with van der Waals surface area (Å²) in [4.78, 5) is 22.7. The quantitative estimate of drug-likeness (QED) is 0.776. The maximum Gasteiger partial charge on any atom is 0.242 e. The van der Waals surface area contributed by atoms with Gasteiger partial charge in [0.25, 0.3) is 0 Å². The molecule has 0 radical (unpaired) electrons. The summed E-state index contributed by atoms with van der Waals surface area (Å²) in [5, 5.41) is 2.64. The van der Waals surface area contributed by atoms with Gasteiger partial charge in [0.2, 0.25) is 5.91 Å². The van der Waals surface area contributed by atoms with Crippen LogP contribution in [0.4, 0.5) is 5.13 Å². The first-order chi connectivity index (χ1) is 10.1. The number of thiazole rings is 1.